The van der Waals surface area contributed by atoms with E-state index in [1.165, 1.54) is 55.9 Å². The first-order valence-corrected chi connectivity index (χ1v) is 10.9. The van der Waals surface area contributed by atoms with Crippen LogP contribution in [0.5, 0.6) is 0 Å². The van der Waals surface area contributed by atoms with E-state index in [-0.39, 0.29) is 5.41 Å². The first-order valence-electron chi connectivity index (χ1n) is 10.9. The highest BCUT2D eigenvalue weighted by atomic mass is 15.1. The number of hydrogen-bond acceptors (Lipinski definition) is 2. The highest BCUT2D eigenvalue weighted by Gasteiger charge is 2.54. The fraction of sp³-hybridized carbons (Fsp3) is 0.172. The van der Waals surface area contributed by atoms with E-state index in [1.54, 1.807) is 0 Å². The summed E-state index contributed by atoms with van der Waals surface area (Å²) < 4.78 is 0. The van der Waals surface area contributed by atoms with Gasteiger partial charge in [-0.3, -0.25) is 0 Å². The molecule has 0 unspecified atom stereocenters. The minimum atomic E-state index is -0.320. The van der Waals surface area contributed by atoms with Gasteiger partial charge in [-0.1, -0.05) is 72.8 Å². The average molecular weight is 403 g/mol. The van der Waals surface area contributed by atoms with Gasteiger partial charge in [0.05, 0.1) is 5.41 Å². The Morgan fingerprint density at radius 2 is 0.839 bits per heavy atom. The smallest absolute Gasteiger partial charge is 0.0766 e. The summed E-state index contributed by atoms with van der Waals surface area (Å²) in [6.45, 7) is 0. The molecule has 4 aromatic rings. The van der Waals surface area contributed by atoms with Crippen molar-refractivity contribution >= 4 is 11.4 Å². The molecule has 0 amide bonds. The predicted molar refractivity (Wildman–Crippen MR) is 131 cm³/mol. The van der Waals surface area contributed by atoms with E-state index in [1.807, 2.05) is 0 Å². The first kappa shape index (κ1) is 18.3. The molecule has 0 fully saturated rings. The van der Waals surface area contributed by atoms with Crippen LogP contribution in [0, 0.1) is 0 Å². The van der Waals surface area contributed by atoms with Gasteiger partial charge in [0.1, 0.15) is 0 Å². The van der Waals surface area contributed by atoms with E-state index in [9.17, 15) is 0 Å². The molecule has 2 nitrogen and oxygen atoms in total. The van der Waals surface area contributed by atoms with Crippen molar-refractivity contribution in [1.82, 2.24) is 0 Å². The maximum atomic E-state index is 2.34. The lowest BCUT2D eigenvalue weighted by molar-refractivity contribution is 0.786. The fourth-order valence-corrected chi connectivity index (χ4v) is 5.96. The first-order chi connectivity index (χ1) is 15.1. The van der Waals surface area contributed by atoms with Crippen molar-refractivity contribution in [3.05, 3.63) is 107 Å². The Morgan fingerprint density at radius 3 is 1.26 bits per heavy atom. The molecule has 0 aromatic heterocycles. The third kappa shape index (κ3) is 2.12. The predicted octanol–water partition coefficient (Wildman–Crippen LogP) is 6.16. The molecule has 2 aliphatic rings. The Bertz CT molecular complexity index is 1240. The molecular weight excluding hydrogens is 376 g/mol. The van der Waals surface area contributed by atoms with Gasteiger partial charge >= 0.3 is 0 Å². The van der Waals surface area contributed by atoms with Crippen molar-refractivity contribution in [3.8, 4) is 22.3 Å². The lowest BCUT2D eigenvalue weighted by Crippen LogP contribution is -2.30. The Balaban J connectivity index is 1.90. The van der Waals surface area contributed by atoms with Gasteiger partial charge < -0.3 is 9.80 Å². The van der Waals surface area contributed by atoms with Crippen LogP contribution in [0.25, 0.3) is 22.3 Å². The fourth-order valence-electron chi connectivity index (χ4n) is 5.96. The molecule has 152 valence electrons. The van der Waals surface area contributed by atoms with Crippen molar-refractivity contribution in [3.63, 3.8) is 0 Å². The molecule has 0 atom stereocenters. The second kappa shape index (κ2) is 6.24. The molecule has 0 heterocycles. The molecular formula is C29H26N2. The SMILES string of the molecule is CN(C)c1cccc2c1C1(c3ccccc3-2)c2ccccc2-c2cccc(N(C)C)c21. The summed E-state index contributed by atoms with van der Waals surface area (Å²) in [7, 11) is 8.63. The van der Waals surface area contributed by atoms with E-state index in [0.717, 1.165) is 0 Å². The Hall–Kier alpha value is -3.52. The third-order valence-corrected chi connectivity index (χ3v) is 7.04. The molecule has 1 spiro atoms. The molecule has 2 heteroatoms. The molecule has 6 rings (SSSR count). The van der Waals surface area contributed by atoms with Gasteiger partial charge in [-0.05, 0) is 45.5 Å². The molecule has 4 aromatic carbocycles. The van der Waals surface area contributed by atoms with Gasteiger partial charge in [0.15, 0.2) is 0 Å². The van der Waals surface area contributed by atoms with E-state index < -0.39 is 0 Å². The van der Waals surface area contributed by atoms with Crippen LogP contribution in [0.4, 0.5) is 11.4 Å². The lowest BCUT2D eigenvalue weighted by Gasteiger charge is -2.35. The third-order valence-electron chi connectivity index (χ3n) is 7.04. The summed E-state index contributed by atoms with van der Waals surface area (Å²) in [5.74, 6) is 0. The molecule has 0 saturated carbocycles. The highest BCUT2D eigenvalue weighted by molar-refractivity contribution is 6.00. The van der Waals surface area contributed by atoms with Crippen LogP contribution >= 0.6 is 0 Å². The molecule has 0 aliphatic heterocycles. The van der Waals surface area contributed by atoms with Gasteiger partial charge in [-0.15, -0.1) is 0 Å². The average Bonchev–Trinajstić information content (AvgIpc) is 3.26. The number of fused-ring (bicyclic) bond motifs is 10. The van der Waals surface area contributed by atoms with Crippen LogP contribution in [0.1, 0.15) is 22.3 Å². The summed E-state index contributed by atoms with van der Waals surface area (Å²) in [4.78, 5) is 4.54. The van der Waals surface area contributed by atoms with E-state index in [4.69, 9.17) is 0 Å². The van der Waals surface area contributed by atoms with Crippen LogP contribution in [0.2, 0.25) is 0 Å². The van der Waals surface area contributed by atoms with Gasteiger partial charge in [0.25, 0.3) is 0 Å². The molecule has 31 heavy (non-hydrogen) atoms. The van der Waals surface area contributed by atoms with Gasteiger partial charge in [-0.25, -0.2) is 0 Å². The summed E-state index contributed by atoms with van der Waals surface area (Å²) in [5.41, 5.74) is 13.2. The minimum absolute atomic E-state index is 0.320. The van der Waals surface area contributed by atoms with Crippen LogP contribution in [-0.4, -0.2) is 28.2 Å². The number of hydrogen-bond donors (Lipinski definition) is 0. The number of rotatable bonds is 2. The van der Waals surface area contributed by atoms with Gasteiger partial charge in [0.2, 0.25) is 0 Å². The van der Waals surface area contributed by atoms with E-state index in [0.29, 0.717) is 0 Å². The maximum Gasteiger partial charge on any atom is 0.0766 e. The maximum absolute atomic E-state index is 2.34. The van der Waals surface area contributed by atoms with Crippen molar-refractivity contribution in [1.29, 1.82) is 0 Å². The summed E-state index contributed by atoms with van der Waals surface area (Å²) in [6, 6.07) is 31.5. The van der Waals surface area contributed by atoms with Crippen molar-refractivity contribution in [2.75, 3.05) is 38.0 Å². The van der Waals surface area contributed by atoms with Crippen LogP contribution in [0.3, 0.4) is 0 Å². The van der Waals surface area contributed by atoms with Gasteiger partial charge in [-0.2, -0.15) is 0 Å². The van der Waals surface area contributed by atoms with Gasteiger partial charge in [0, 0.05) is 50.7 Å². The zero-order chi connectivity index (χ0) is 21.3. The highest BCUT2D eigenvalue weighted by Crippen LogP contribution is 2.66. The molecule has 0 radical (unpaired) electrons. The Kier molecular flexibility index (Phi) is 3.68. The second-order valence-electron chi connectivity index (χ2n) is 9.03. The quantitative estimate of drug-likeness (QED) is 0.342. The number of benzene rings is 4. The second-order valence-corrected chi connectivity index (χ2v) is 9.03. The monoisotopic (exact) mass is 402 g/mol. The largest absolute Gasteiger partial charge is 0.377 e. The topological polar surface area (TPSA) is 6.48 Å². The zero-order valence-electron chi connectivity index (χ0n) is 18.5. The van der Waals surface area contributed by atoms with E-state index in [2.05, 4.69) is 123 Å². The Labute approximate surface area is 184 Å². The van der Waals surface area contributed by atoms with Crippen molar-refractivity contribution in [2.45, 2.75) is 5.41 Å². The number of anilines is 2. The van der Waals surface area contributed by atoms with Crippen molar-refractivity contribution in [2.24, 2.45) is 0 Å². The summed E-state index contributed by atoms with van der Waals surface area (Å²) in [6.07, 6.45) is 0. The van der Waals surface area contributed by atoms with E-state index >= 15 is 0 Å². The summed E-state index contributed by atoms with van der Waals surface area (Å²) >= 11 is 0. The van der Waals surface area contributed by atoms with Crippen LogP contribution < -0.4 is 9.80 Å². The number of nitrogens with zero attached hydrogens (tertiary/aromatic N) is 2. The molecule has 0 saturated heterocycles. The lowest BCUT2D eigenvalue weighted by atomic mass is 9.69. The zero-order valence-corrected chi connectivity index (χ0v) is 18.5. The Morgan fingerprint density at radius 1 is 0.452 bits per heavy atom. The molecule has 0 bridgehead atoms. The normalized spacial score (nSPS) is 14.1. The molecule has 0 N–H and O–H groups in total. The minimum Gasteiger partial charge on any atom is -0.377 e. The van der Waals surface area contributed by atoms with Crippen molar-refractivity contribution < 1.29 is 0 Å². The van der Waals surface area contributed by atoms with Crippen LogP contribution in [-0.2, 0) is 5.41 Å². The summed E-state index contributed by atoms with van der Waals surface area (Å²) in [5, 5.41) is 0. The molecule has 2 aliphatic carbocycles. The standard InChI is InChI=1S/C29H26N2/c1-30(2)25-17-9-13-21-19-11-5-7-15-23(19)29(27(21)25)24-16-8-6-12-20(24)22-14-10-18-26(28(22)29)31(3)4/h5-18H,1-4H3. The van der Waals surface area contributed by atoms with Crippen LogP contribution in [0.15, 0.2) is 84.9 Å².